The molecule has 39 heavy (non-hydrogen) atoms. The number of halogens is 1. The molecule has 0 bridgehead atoms. The SMILES string of the molecule is CCOC(Cc1ccc(OCCN(C)c2nc(Nc3ccc(F)cc3)nc(N3CCOCC3)n2)cc1)C(=O)O. The summed E-state index contributed by atoms with van der Waals surface area (Å²) in [4.78, 5) is 29.0. The zero-order valence-corrected chi connectivity index (χ0v) is 22.0. The molecule has 1 saturated heterocycles. The first-order chi connectivity index (χ1) is 18.9. The summed E-state index contributed by atoms with van der Waals surface area (Å²) in [6, 6.07) is 13.3. The summed E-state index contributed by atoms with van der Waals surface area (Å²) < 4.78 is 30.0. The third-order valence-corrected chi connectivity index (χ3v) is 6.03. The van der Waals surface area contributed by atoms with E-state index in [1.165, 1.54) is 12.1 Å². The molecule has 1 aromatic heterocycles. The predicted molar refractivity (Wildman–Crippen MR) is 145 cm³/mol. The van der Waals surface area contributed by atoms with E-state index < -0.39 is 12.1 Å². The van der Waals surface area contributed by atoms with Crippen molar-refractivity contribution >= 4 is 29.5 Å². The highest BCUT2D eigenvalue weighted by Crippen LogP contribution is 2.21. The Balaban J connectivity index is 1.39. The summed E-state index contributed by atoms with van der Waals surface area (Å²) >= 11 is 0. The molecule has 208 valence electrons. The van der Waals surface area contributed by atoms with Crippen molar-refractivity contribution in [1.29, 1.82) is 0 Å². The Morgan fingerprint density at radius 2 is 1.85 bits per heavy atom. The molecule has 4 rings (SSSR count). The number of carbonyl (C=O) groups is 1. The van der Waals surface area contributed by atoms with Crippen LogP contribution >= 0.6 is 0 Å². The maximum atomic E-state index is 13.3. The number of aliphatic carboxylic acids is 1. The Kier molecular flexibility index (Phi) is 9.81. The van der Waals surface area contributed by atoms with Gasteiger partial charge >= 0.3 is 5.97 Å². The molecule has 11 nitrogen and oxygen atoms in total. The van der Waals surface area contributed by atoms with E-state index in [9.17, 15) is 14.3 Å². The van der Waals surface area contributed by atoms with Gasteiger partial charge in [-0.2, -0.15) is 15.0 Å². The van der Waals surface area contributed by atoms with Crippen molar-refractivity contribution in [2.75, 3.05) is 68.2 Å². The number of rotatable bonds is 13. The van der Waals surface area contributed by atoms with Gasteiger partial charge in [0.15, 0.2) is 6.10 Å². The van der Waals surface area contributed by atoms with Gasteiger partial charge in [0.2, 0.25) is 17.8 Å². The third kappa shape index (κ3) is 8.23. The van der Waals surface area contributed by atoms with Crippen LogP contribution in [0, 0.1) is 5.82 Å². The van der Waals surface area contributed by atoms with Crippen LogP contribution < -0.4 is 19.9 Å². The van der Waals surface area contributed by atoms with E-state index in [1.807, 2.05) is 41.1 Å². The second-order valence-corrected chi connectivity index (χ2v) is 8.89. The van der Waals surface area contributed by atoms with Crippen LogP contribution in [0.25, 0.3) is 0 Å². The van der Waals surface area contributed by atoms with Crippen LogP contribution in [0.15, 0.2) is 48.5 Å². The van der Waals surface area contributed by atoms with Crippen molar-refractivity contribution in [3.8, 4) is 5.75 Å². The van der Waals surface area contributed by atoms with E-state index in [1.54, 1.807) is 19.1 Å². The Labute approximate surface area is 226 Å². The molecule has 3 aromatic rings. The second-order valence-electron chi connectivity index (χ2n) is 8.89. The smallest absolute Gasteiger partial charge is 0.333 e. The second kappa shape index (κ2) is 13.7. The van der Waals surface area contributed by atoms with Crippen molar-refractivity contribution in [3.63, 3.8) is 0 Å². The van der Waals surface area contributed by atoms with Crippen molar-refractivity contribution in [2.24, 2.45) is 0 Å². The molecule has 0 spiro atoms. The Morgan fingerprint density at radius 3 is 2.51 bits per heavy atom. The van der Waals surface area contributed by atoms with Gasteiger partial charge in [0.25, 0.3) is 0 Å². The van der Waals surface area contributed by atoms with Crippen LogP contribution in [0.3, 0.4) is 0 Å². The molecule has 1 aliphatic heterocycles. The van der Waals surface area contributed by atoms with Crippen molar-refractivity contribution in [1.82, 2.24) is 15.0 Å². The number of morpholine rings is 1. The maximum Gasteiger partial charge on any atom is 0.333 e. The molecule has 0 amide bonds. The summed E-state index contributed by atoms with van der Waals surface area (Å²) in [5.74, 6) is 0.706. The standard InChI is InChI=1S/C27H33FN6O5/c1-3-38-23(24(35)36)18-19-4-10-22(11-5-19)39-17-12-33(2)26-30-25(29-21-8-6-20(28)7-9-21)31-27(32-26)34-13-15-37-16-14-34/h4-11,23H,3,12-18H2,1-2H3,(H,35,36)(H,29,30,31,32). The molecule has 2 heterocycles. The van der Waals surface area contributed by atoms with Gasteiger partial charge in [-0.05, 0) is 48.9 Å². The lowest BCUT2D eigenvalue weighted by Crippen LogP contribution is -2.38. The molecule has 1 atom stereocenters. The number of hydrogen-bond donors (Lipinski definition) is 2. The lowest BCUT2D eigenvalue weighted by Gasteiger charge is -2.28. The predicted octanol–water partition coefficient (Wildman–Crippen LogP) is 3.14. The molecular formula is C27H33FN6O5. The van der Waals surface area contributed by atoms with Crippen LogP contribution in [-0.2, 0) is 20.7 Å². The van der Waals surface area contributed by atoms with Crippen LogP contribution in [0.2, 0.25) is 0 Å². The summed E-state index contributed by atoms with van der Waals surface area (Å²) in [7, 11) is 1.87. The van der Waals surface area contributed by atoms with Crippen LogP contribution in [0.4, 0.5) is 27.9 Å². The fourth-order valence-electron chi connectivity index (χ4n) is 3.90. The topological polar surface area (TPSA) is 122 Å². The molecule has 0 radical (unpaired) electrons. The van der Waals surface area contributed by atoms with Gasteiger partial charge in [-0.3, -0.25) is 0 Å². The number of benzene rings is 2. The van der Waals surface area contributed by atoms with Gasteiger partial charge in [-0.15, -0.1) is 0 Å². The van der Waals surface area contributed by atoms with Gasteiger partial charge in [0.05, 0.1) is 19.8 Å². The van der Waals surface area contributed by atoms with Crippen molar-refractivity contribution in [3.05, 3.63) is 59.9 Å². The summed E-state index contributed by atoms with van der Waals surface area (Å²) in [6.07, 6.45) is -0.591. The Bertz CT molecular complexity index is 1210. The zero-order valence-electron chi connectivity index (χ0n) is 22.0. The minimum absolute atomic E-state index is 0.283. The Morgan fingerprint density at radius 1 is 1.13 bits per heavy atom. The van der Waals surface area contributed by atoms with E-state index in [0.717, 1.165) is 5.56 Å². The average molecular weight is 541 g/mol. The van der Waals surface area contributed by atoms with E-state index in [0.29, 0.717) is 75.3 Å². The number of ether oxygens (including phenoxy) is 3. The van der Waals surface area contributed by atoms with Gasteiger partial charge in [0.1, 0.15) is 18.2 Å². The number of carboxylic acid groups (broad SMARTS) is 1. The first-order valence-corrected chi connectivity index (χ1v) is 12.8. The highest BCUT2D eigenvalue weighted by Gasteiger charge is 2.19. The lowest BCUT2D eigenvalue weighted by molar-refractivity contribution is -0.149. The number of nitrogens with one attached hydrogen (secondary N) is 1. The fraction of sp³-hybridized carbons (Fsp3) is 0.407. The quantitative estimate of drug-likeness (QED) is 0.332. The molecule has 1 unspecified atom stereocenters. The first kappa shape index (κ1) is 28.0. The van der Waals surface area contributed by atoms with Gasteiger partial charge in [0, 0.05) is 38.9 Å². The van der Waals surface area contributed by atoms with Crippen molar-refractivity contribution in [2.45, 2.75) is 19.4 Å². The zero-order chi connectivity index (χ0) is 27.6. The summed E-state index contributed by atoms with van der Waals surface area (Å²) in [5.41, 5.74) is 1.51. The number of hydrogen-bond acceptors (Lipinski definition) is 10. The van der Waals surface area contributed by atoms with E-state index in [2.05, 4.69) is 20.3 Å². The van der Waals surface area contributed by atoms with Crippen LogP contribution in [0.1, 0.15) is 12.5 Å². The van der Waals surface area contributed by atoms with Crippen LogP contribution in [-0.4, -0.2) is 85.2 Å². The number of aromatic nitrogens is 3. The number of nitrogens with zero attached hydrogens (tertiary/aromatic N) is 5. The van der Waals surface area contributed by atoms with Gasteiger partial charge < -0.3 is 34.4 Å². The molecular weight excluding hydrogens is 507 g/mol. The highest BCUT2D eigenvalue weighted by atomic mass is 19.1. The largest absolute Gasteiger partial charge is 0.492 e. The average Bonchev–Trinajstić information content (AvgIpc) is 2.95. The third-order valence-electron chi connectivity index (χ3n) is 6.03. The number of carboxylic acids is 1. The summed E-state index contributed by atoms with van der Waals surface area (Å²) in [5, 5.41) is 12.4. The normalized spacial score (nSPS) is 14.1. The fourth-order valence-corrected chi connectivity index (χ4v) is 3.90. The maximum absolute atomic E-state index is 13.3. The molecule has 2 N–H and O–H groups in total. The van der Waals surface area contributed by atoms with Gasteiger partial charge in [-0.1, -0.05) is 12.1 Å². The minimum atomic E-state index is -0.980. The Hall–Kier alpha value is -4.03. The molecule has 1 fully saturated rings. The molecule has 0 saturated carbocycles. The lowest BCUT2D eigenvalue weighted by atomic mass is 10.1. The van der Waals surface area contributed by atoms with Crippen LogP contribution in [0.5, 0.6) is 5.75 Å². The first-order valence-electron chi connectivity index (χ1n) is 12.8. The molecule has 2 aromatic carbocycles. The minimum Gasteiger partial charge on any atom is -0.492 e. The number of likely N-dealkylation sites (N-methyl/N-ethyl adjacent to an activating group) is 1. The monoisotopic (exact) mass is 540 g/mol. The molecule has 0 aliphatic carbocycles. The van der Waals surface area contributed by atoms with E-state index in [-0.39, 0.29) is 12.2 Å². The molecule has 12 heteroatoms. The van der Waals surface area contributed by atoms with Gasteiger partial charge in [-0.25, -0.2) is 9.18 Å². The highest BCUT2D eigenvalue weighted by molar-refractivity contribution is 5.72. The van der Waals surface area contributed by atoms with Crippen molar-refractivity contribution < 1.29 is 28.5 Å². The number of anilines is 4. The summed E-state index contributed by atoms with van der Waals surface area (Å²) in [6.45, 7) is 5.49. The van der Waals surface area contributed by atoms with E-state index in [4.69, 9.17) is 14.2 Å². The molecule has 1 aliphatic rings. The van der Waals surface area contributed by atoms with E-state index >= 15 is 0 Å².